The fraction of sp³-hybridized carbons (Fsp3) is 0.571. The summed E-state index contributed by atoms with van der Waals surface area (Å²) in [6, 6.07) is 5.56. The number of ether oxygens (including phenoxy) is 2. The molecule has 0 spiro atoms. The summed E-state index contributed by atoms with van der Waals surface area (Å²) < 4.78 is 23.9. The molecule has 2 rings (SSSR count). The predicted octanol–water partition coefficient (Wildman–Crippen LogP) is 2.66. The Labute approximate surface area is 107 Å². The summed E-state index contributed by atoms with van der Waals surface area (Å²) in [5.41, 5.74) is 0.930. The van der Waals surface area contributed by atoms with Gasteiger partial charge in [-0.05, 0) is 37.5 Å². The number of halogens is 1. The molecule has 18 heavy (non-hydrogen) atoms. The smallest absolute Gasteiger partial charge is 0.165 e. The van der Waals surface area contributed by atoms with Crippen LogP contribution in [0.25, 0.3) is 0 Å². The minimum Gasteiger partial charge on any atom is -0.494 e. The van der Waals surface area contributed by atoms with Crippen LogP contribution in [0.15, 0.2) is 18.2 Å². The molecule has 0 aliphatic carbocycles. The molecule has 100 valence electrons. The van der Waals surface area contributed by atoms with Crippen molar-refractivity contribution in [1.29, 1.82) is 0 Å². The predicted molar refractivity (Wildman–Crippen MR) is 68.3 cm³/mol. The van der Waals surface area contributed by atoms with Gasteiger partial charge in [0.25, 0.3) is 0 Å². The molecule has 3 nitrogen and oxygen atoms in total. The largest absolute Gasteiger partial charge is 0.494 e. The zero-order valence-electron chi connectivity index (χ0n) is 10.9. The van der Waals surface area contributed by atoms with E-state index in [2.05, 4.69) is 5.32 Å². The molecule has 2 atom stereocenters. The highest BCUT2D eigenvalue weighted by Gasteiger charge is 2.17. The number of rotatable bonds is 4. The molecular weight excluding hydrogens is 233 g/mol. The summed E-state index contributed by atoms with van der Waals surface area (Å²) in [5, 5.41) is 3.47. The number of nitrogens with one attached hydrogen (secondary N) is 1. The number of benzene rings is 1. The molecule has 1 saturated heterocycles. The molecule has 1 fully saturated rings. The molecule has 1 N–H and O–H groups in total. The fourth-order valence-electron chi connectivity index (χ4n) is 2.27. The van der Waals surface area contributed by atoms with Crippen molar-refractivity contribution in [2.45, 2.75) is 31.8 Å². The number of hydrogen-bond acceptors (Lipinski definition) is 3. The molecule has 0 aromatic heterocycles. The normalized spacial score (nSPS) is 21.6. The van der Waals surface area contributed by atoms with Gasteiger partial charge in [-0.3, -0.25) is 0 Å². The molecule has 4 heteroatoms. The average molecular weight is 253 g/mol. The Morgan fingerprint density at radius 3 is 2.94 bits per heavy atom. The fourth-order valence-corrected chi connectivity index (χ4v) is 2.27. The molecule has 1 aromatic rings. The maximum absolute atomic E-state index is 13.6. The molecule has 1 aromatic carbocycles. The molecule has 1 aliphatic rings. The van der Waals surface area contributed by atoms with Gasteiger partial charge in [0.15, 0.2) is 11.6 Å². The van der Waals surface area contributed by atoms with Gasteiger partial charge in [0.05, 0.1) is 13.7 Å². The molecule has 1 heterocycles. The van der Waals surface area contributed by atoms with Crippen molar-refractivity contribution < 1.29 is 13.9 Å². The molecule has 0 amide bonds. The highest BCUT2D eigenvalue weighted by atomic mass is 19.1. The van der Waals surface area contributed by atoms with E-state index in [1.807, 2.05) is 13.0 Å². The van der Waals surface area contributed by atoms with Crippen molar-refractivity contribution in [3.05, 3.63) is 29.6 Å². The Morgan fingerprint density at radius 1 is 1.50 bits per heavy atom. The maximum atomic E-state index is 13.6. The van der Waals surface area contributed by atoms with Crippen molar-refractivity contribution in [3.8, 4) is 5.75 Å². The Morgan fingerprint density at radius 2 is 2.33 bits per heavy atom. The lowest BCUT2D eigenvalue weighted by molar-refractivity contribution is 0.0671. The van der Waals surface area contributed by atoms with Crippen LogP contribution in [0.5, 0.6) is 5.75 Å². The second-order valence-electron chi connectivity index (χ2n) is 4.70. The van der Waals surface area contributed by atoms with E-state index in [4.69, 9.17) is 9.47 Å². The van der Waals surface area contributed by atoms with E-state index >= 15 is 0 Å². The van der Waals surface area contributed by atoms with Gasteiger partial charge in [0.2, 0.25) is 0 Å². The van der Waals surface area contributed by atoms with Gasteiger partial charge < -0.3 is 14.8 Å². The lowest BCUT2D eigenvalue weighted by atomic mass is 10.0. The molecular formula is C14H20FNO2. The lowest BCUT2D eigenvalue weighted by Gasteiger charge is -2.27. The highest BCUT2D eigenvalue weighted by molar-refractivity contribution is 5.30. The van der Waals surface area contributed by atoms with E-state index in [-0.39, 0.29) is 17.6 Å². The van der Waals surface area contributed by atoms with Gasteiger partial charge in [0.1, 0.15) is 0 Å². The standard InChI is InChI=1S/C14H20FNO2/c1-10(16-12-4-3-7-18-9-12)11-5-6-14(17-2)13(15)8-11/h5-6,8,10,12,16H,3-4,7,9H2,1-2H3. The Balaban J connectivity index is 1.99. The highest BCUT2D eigenvalue weighted by Crippen LogP contribution is 2.22. The van der Waals surface area contributed by atoms with Gasteiger partial charge in [-0.1, -0.05) is 6.07 Å². The van der Waals surface area contributed by atoms with Gasteiger partial charge in [-0.2, -0.15) is 0 Å². The minimum absolute atomic E-state index is 0.108. The van der Waals surface area contributed by atoms with Crippen molar-refractivity contribution in [2.24, 2.45) is 0 Å². The van der Waals surface area contributed by atoms with E-state index in [9.17, 15) is 4.39 Å². The molecule has 0 bridgehead atoms. The molecule has 0 saturated carbocycles. The first-order valence-corrected chi connectivity index (χ1v) is 6.38. The number of hydrogen-bond donors (Lipinski definition) is 1. The topological polar surface area (TPSA) is 30.5 Å². The van der Waals surface area contributed by atoms with Crippen LogP contribution in [0.3, 0.4) is 0 Å². The summed E-state index contributed by atoms with van der Waals surface area (Å²) in [5.74, 6) is -0.0320. The third kappa shape index (κ3) is 3.21. The van der Waals surface area contributed by atoms with Gasteiger partial charge in [-0.15, -0.1) is 0 Å². The van der Waals surface area contributed by atoms with Crippen LogP contribution in [-0.2, 0) is 4.74 Å². The minimum atomic E-state index is -0.316. The Hall–Kier alpha value is -1.13. The average Bonchev–Trinajstić information content (AvgIpc) is 2.39. The molecule has 1 aliphatic heterocycles. The quantitative estimate of drug-likeness (QED) is 0.895. The lowest BCUT2D eigenvalue weighted by Crippen LogP contribution is -2.38. The second-order valence-corrected chi connectivity index (χ2v) is 4.70. The summed E-state index contributed by atoms with van der Waals surface area (Å²) in [4.78, 5) is 0. The van der Waals surface area contributed by atoms with Crippen molar-refractivity contribution in [3.63, 3.8) is 0 Å². The van der Waals surface area contributed by atoms with Gasteiger partial charge >= 0.3 is 0 Å². The van der Waals surface area contributed by atoms with Crippen molar-refractivity contribution >= 4 is 0 Å². The van der Waals surface area contributed by atoms with E-state index in [1.54, 1.807) is 6.07 Å². The van der Waals surface area contributed by atoms with E-state index < -0.39 is 0 Å². The zero-order chi connectivity index (χ0) is 13.0. The van der Waals surface area contributed by atoms with Gasteiger partial charge in [0, 0.05) is 18.7 Å². The van der Waals surface area contributed by atoms with Crippen LogP contribution in [0.2, 0.25) is 0 Å². The maximum Gasteiger partial charge on any atom is 0.165 e. The number of methoxy groups -OCH3 is 1. The van der Waals surface area contributed by atoms with Crippen LogP contribution < -0.4 is 10.1 Å². The van der Waals surface area contributed by atoms with E-state index in [1.165, 1.54) is 13.2 Å². The summed E-state index contributed by atoms with van der Waals surface area (Å²) in [6.45, 7) is 3.63. The summed E-state index contributed by atoms with van der Waals surface area (Å²) >= 11 is 0. The monoisotopic (exact) mass is 253 g/mol. The zero-order valence-corrected chi connectivity index (χ0v) is 10.9. The molecule has 2 unspecified atom stereocenters. The van der Waals surface area contributed by atoms with E-state index in [0.29, 0.717) is 6.04 Å². The third-order valence-corrected chi connectivity index (χ3v) is 3.32. The van der Waals surface area contributed by atoms with Crippen LogP contribution in [0, 0.1) is 5.82 Å². The van der Waals surface area contributed by atoms with Crippen LogP contribution >= 0.6 is 0 Å². The second kappa shape index (κ2) is 6.16. The van der Waals surface area contributed by atoms with E-state index in [0.717, 1.165) is 31.6 Å². The van der Waals surface area contributed by atoms with Crippen LogP contribution in [0.1, 0.15) is 31.4 Å². The first kappa shape index (κ1) is 13.3. The molecule has 0 radical (unpaired) electrons. The SMILES string of the molecule is COc1ccc(C(C)NC2CCCOC2)cc1F. The first-order chi connectivity index (χ1) is 8.70. The first-order valence-electron chi connectivity index (χ1n) is 6.38. The Bertz CT molecular complexity index is 391. The summed E-state index contributed by atoms with van der Waals surface area (Å²) in [7, 11) is 1.47. The van der Waals surface area contributed by atoms with Crippen molar-refractivity contribution in [2.75, 3.05) is 20.3 Å². The van der Waals surface area contributed by atoms with Gasteiger partial charge in [-0.25, -0.2) is 4.39 Å². The van der Waals surface area contributed by atoms with Crippen molar-refractivity contribution in [1.82, 2.24) is 5.32 Å². The van der Waals surface area contributed by atoms with Crippen LogP contribution in [0.4, 0.5) is 4.39 Å². The Kier molecular flexibility index (Phi) is 4.55. The summed E-state index contributed by atoms with van der Waals surface area (Å²) in [6.07, 6.45) is 2.20. The third-order valence-electron chi connectivity index (χ3n) is 3.32. The van der Waals surface area contributed by atoms with Crippen LogP contribution in [-0.4, -0.2) is 26.4 Å².